The van der Waals surface area contributed by atoms with Crippen molar-refractivity contribution < 1.29 is 14.4 Å². The fourth-order valence-electron chi connectivity index (χ4n) is 3.22. The molecule has 1 aliphatic heterocycles. The number of carbonyl (C=O) groups excluding carboxylic acids is 3. The van der Waals surface area contributed by atoms with Crippen LogP contribution in [0.4, 0.5) is 17.1 Å². The number of anilines is 3. The van der Waals surface area contributed by atoms with Crippen molar-refractivity contribution in [2.75, 3.05) is 15.5 Å². The third-order valence-electron chi connectivity index (χ3n) is 5.02. The first-order valence-corrected chi connectivity index (χ1v) is 11.3. The highest BCUT2D eigenvalue weighted by atomic mass is 35.5. The molecular weight excluding hydrogens is 520 g/mol. The van der Waals surface area contributed by atoms with E-state index in [1.807, 2.05) is 13.0 Å². The molecule has 0 saturated heterocycles. The van der Waals surface area contributed by atoms with Gasteiger partial charge in [0.1, 0.15) is 10.7 Å². The first-order valence-electron chi connectivity index (χ1n) is 9.84. The number of amides is 3. The first-order chi connectivity index (χ1) is 16.2. The first kappa shape index (κ1) is 24.1. The smallest absolute Gasteiger partial charge is 0.283 e. The van der Waals surface area contributed by atoms with Gasteiger partial charge in [0, 0.05) is 27.0 Å². The third-order valence-corrected chi connectivity index (χ3v) is 6.32. The Hall–Kier alpha value is -3.03. The Kier molecular flexibility index (Phi) is 6.86. The summed E-state index contributed by atoms with van der Waals surface area (Å²) in [7, 11) is 0. The topological polar surface area (TPSA) is 78.5 Å². The van der Waals surface area contributed by atoms with Crippen molar-refractivity contribution in [3.05, 3.63) is 97.6 Å². The Labute approximate surface area is 215 Å². The number of rotatable bonds is 5. The van der Waals surface area contributed by atoms with Crippen LogP contribution >= 0.6 is 46.4 Å². The average Bonchev–Trinajstić information content (AvgIpc) is 3.00. The largest absolute Gasteiger partial charge is 0.350 e. The van der Waals surface area contributed by atoms with Gasteiger partial charge < -0.3 is 10.6 Å². The highest BCUT2D eigenvalue weighted by Gasteiger charge is 2.39. The molecule has 6 nitrogen and oxygen atoms in total. The molecule has 0 radical (unpaired) electrons. The van der Waals surface area contributed by atoms with Gasteiger partial charge in [0.15, 0.2) is 0 Å². The molecule has 2 N–H and O–H groups in total. The molecule has 0 atom stereocenters. The van der Waals surface area contributed by atoms with Crippen LogP contribution in [0.2, 0.25) is 15.1 Å². The number of benzene rings is 3. The second-order valence-corrected chi connectivity index (χ2v) is 8.98. The van der Waals surface area contributed by atoms with E-state index in [1.54, 1.807) is 36.4 Å². The molecule has 0 aliphatic carbocycles. The molecule has 3 aromatic carbocycles. The number of aryl methyl sites for hydroxylation is 1. The molecule has 0 aromatic heterocycles. The summed E-state index contributed by atoms with van der Waals surface area (Å²) >= 11 is 24.3. The Morgan fingerprint density at radius 2 is 1.47 bits per heavy atom. The van der Waals surface area contributed by atoms with Crippen molar-refractivity contribution in [2.24, 2.45) is 0 Å². The van der Waals surface area contributed by atoms with Crippen LogP contribution in [-0.2, 0) is 9.59 Å². The minimum Gasteiger partial charge on any atom is -0.350 e. The van der Waals surface area contributed by atoms with Gasteiger partial charge in [-0.1, -0.05) is 52.5 Å². The molecule has 4 rings (SSSR count). The zero-order valence-corrected chi connectivity index (χ0v) is 20.5. The molecule has 10 heteroatoms. The number of nitrogens with one attached hydrogen (secondary N) is 2. The highest BCUT2D eigenvalue weighted by molar-refractivity contribution is 6.54. The van der Waals surface area contributed by atoms with Crippen molar-refractivity contribution >= 4 is 81.2 Å². The van der Waals surface area contributed by atoms with Gasteiger partial charge in [-0.3, -0.25) is 14.4 Å². The van der Waals surface area contributed by atoms with Gasteiger partial charge in [0.2, 0.25) is 0 Å². The Balaban J connectivity index is 1.49. The Bertz CT molecular complexity index is 1370. The number of carbonyl (C=O) groups is 3. The molecule has 0 saturated carbocycles. The lowest BCUT2D eigenvalue weighted by molar-refractivity contribution is -0.120. The Morgan fingerprint density at radius 1 is 0.794 bits per heavy atom. The van der Waals surface area contributed by atoms with E-state index in [-0.39, 0.29) is 27.3 Å². The number of halogens is 4. The lowest BCUT2D eigenvalue weighted by Crippen LogP contribution is -2.32. The summed E-state index contributed by atoms with van der Waals surface area (Å²) in [4.78, 5) is 39.0. The van der Waals surface area contributed by atoms with Crippen LogP contribution in [0, 0.1) is 6.92 Å². The molecule has 0 fully saturated rings. The van der Waals surface area contributed by atoms with Gasteiger partial charge in [-0.15, -0.1) is 0 Å². The summed E-state index contributed by atoms with van der Waals surface area (Å²) in [6, 6.07) is 15.9. The second-order valence-electron chi connectivity index (χ2n) is 7.35. The van der Waals surface area contributed by atoms with E-state index in [9.17, 15) is 14.4 Å². The van der Waals surface area contributed by atoms with Gasteiger partial charge in [-0.25, -0.2) is 4.90 Å². The van der Waals surface area contributed by atoms with Gasteiger partial charge in [-0.05, 0) is 67.1 Å². The van der Waals surface area contributed by atoms with E-state index < -0.39 is 11.8 Å². The summed E-state index contributed by atoms with van der Waals surface area (Å²) in [6.07, 6.45) is 0. The predicted molar refractivity (Wildman–Crippen MR) is 136 cm³/mol. The average molecular weight is 535 g/mol. The standard InChI is InChI=1S/C24H15Cl4N3O3/c1-12-2-6-16(11-17(12)26)30-22(32)13-3-7-15(8-4-13)29-21-20(28)23(33)31(24(21)34)19-9-5-14(25)10-18(19)27/h2-11,29H,1H3,(H,30,32). The zero-order valence-electron chi connectivity index (χ0n) is 17.5. The van der Waals surface area contributed by atoms with Crippen LogP contribution in [-0.4, -0.2) is 17.7 Å². The highest BCUT2D eigenvalue weighted by Crippen LogP contribution is 2.35. The molecule has 3 aromatic rings. The van der Waals surface area contributed by atoms with E-state index in [1.165, 1.54) is 18.2 Å². The predicted octanol–water partition coefficient (Wildman–Crippen LogP) is 6.64. The van der Waals surface area contributed by atoms with Crippen LogP contribution in [0.3, 0.4) is 0 Å². The number of imide groups is 1. The lowest BCUT2D eigenvalue weighted by Gasteiger charge is -2.16. The third kappa shape index (κ3) is 4.76. The van der Waals surface area contributed by atoms with Crippen molar-refractivity contribution in [1.29, 1.82) is 0 Å². The molecule has 1 aliphatic rings. The minimum absolute atomic E-state index is 0.107. The number of hydrogen-bond acceptors (Lipinski definition) is 4. The van der Waals surface area contributed by atoms with Crippen molar-refractivity contribution in [1.82, 2.24) is 0 Å². The quantitative estimate of drug-likeness (QED) is 0.359. The molecule has 1 heterocycles. The van der Waals surface area contributed by atoms with Gasteiger partial charge in [0.25, 0.3) is 17.7 Å². The molecule has 0 unspecified atom stereocenters. The van der Waals surface area contributed by atoms with Gasteiger partial charge in [-0.2, -0.15) is 0 Å². The van der Waals surface area contributed by atoms with Crippen LogP contribution in [0.15, 0.2) is 71.4 Å². The van der Waals surface area contributed by atoms with Crippen LogP contribution in [0.5, 0.6) is 0 Å². The molecule has 3 amide bonds. The number of nitrogens with zero attached hydrogens (tertiary/aromatic N) is 1. The fraction of sp³-hybridized carbons (Fsp3) is 0.0417. The summed E-state index contributed by atoms with van der Waals surface area (Å²) in [5, 5.41) is 6.37. The van der Waals surface area contributed by atoms with Crippen molar-refractivity contribution in [3.8, 4) is 0 Å². The summed E-state index contributed by atoms with van der Waals surface area (Å²) in [5.41, 5.74) is 2.36. The number of hydrogen-bond donors (Lipinski definition) is 2. The van der Waals surface area contributed by atoms with E-state index >= 15 is 0 Å². The van der Waals surface area contributed by atoms with Crippen molar-refractivity contribution in [3.63, 3.8) is 0 Å². The SMILES string of the molecule is Cc1ccc(NC(=O)c2ccc(NC3=C(Cl)C(=O)N(c4ccc(Cl)cc4Cl)C3=O)cc2)cc1Cl. The van der Waals surface area contributed by atoms with E-state index in [0.717, 1.165) is 10.5 Å². The maximum atomic E-state index is 12.9. The monoisotopic (exact) mass is 533 g/mol. The van der Waals surface area contributed by atoms with Gasteiger partial charge in [0.05, 0.1) is 10.7 Å². The van der Waals surface area contributed by atoms with Crippen LogP contribution < -0.4 is 15.5 Å². The van der Waals surface area contributed by atoms with Crippen molar-refractivity contribution in [2.45, 2.75) is 6.92 Å². The minimum atomic E-state index is -0.717. The summed E-state index contributed by atoms with van der Waals surface area (Å²) < 4.78 is 0. The molecule has 0 spiro atoms. The molecule has 0 bridgehead atoms. The summed E-state index contributed by atoms with van der Waals surface area (Å²) in [5.74, 6) is -1.72. The summed E-state index contributed by atoms with van der Waals surface area (Å²) in [6.45, 7) is 1.87. The molecule has 172 valence electrons. The second kappa shape index (κ2) is 9.68. The zero-order chi connectivity index (χ0) is 24.6. The normalized spacial score (nSPS) is 13.5. The van der Waals surface area contributed by atoms with Crippen LogP contribution in [0.1, 0.15) is 15.9 Å². The van der Waals surface area contributed by atoms with Gasteiger partial charge >= 0.3 is 0 Å². The van der Waals surface area contributed by atoms with E-state index in [2.05, 4.69) is 10.6 Å². The lowest BCUT2D eigenvalue weighted by atomic mass is 10.1. The maximum absolute atomic E-state index is 12.9. The molecule has 34 heavy (non-hydrogen) atoms. The Morgan fingerprint density at radius 3 is 2.12 bits per heavy atom. The molecular formula is C24H15Cl4N3O3. The fourth-order valence-corrected chi connectivity index (χ4v) is 4.10. The van der Waals surface area contributed by atoms with E-state index in [0.29, 0.717) is 27.0 Å². The van der Waals surface area contributed by atoms with E-state index in [4.69, 9.17) is 46.4 Å². The van der Waals surface area contributed by atoms with Crippen LogP contribution in [0.25, 0.3) is 0 Å². The maximum Gasteiger partial charge on any atom is 0.283 e.